The minimum atomic E-state index is -0.498. The first-order valence-corrected chi connectivity index (χ1v) is 10.6. The molecule has 0 unspecified atom stereocenters. The van der Waals surface area contributed by atoms with Crippen LogP contribution >= 0.6 is 11.8 Å². The van der Waals surface area contributed by atoms with Gasteiger partial charge in [-0.15, -0.1) is 0 Å². The lowest BCUT2D eigenvalue weighted by Crippen LogP contribution is -2.27. The highest BCUT2D eigenvalue weighted by molar-refractivity contribution is 8.03. The van der Waals surface area contributed by atoms with Gasteiger partial charge in [-0.05, 0) is 56.5 Å². The van der Waals surface area contributed by atoms with Gasteiger partial charge in [-0.2, -0.15) is 5.26 Å². The summed E-state index contributed by atoms with van der Waals surface area (Å²) in [4.78, 5) is 29.2. The average molecular weight is 418 g/mol. The molecule has 1 atom stereocenters. The summed E-state index contributed by atoms with van der Waals surface area (Å²) in [6, 6.07) is 11.6. The van der Waals surface area contributed by atoms with Gasteiger partial charge in [0.15, 0.2) is 11.6 Å². The van der Waals surface area contributed by atoms with Crippen LogP contribution in [0.3, 0.4) is 0 Å². The van der Waals surface area contributed by atoms with Gasteiger partial charge in [0.2, 0.25) is 0 Å². The van der Waals surface area contributed by atoms with Crippen LogP contribution in [-0.4, -0.2) is 22.3 Å². The molecule has 3 rings (SSSR count). The van der Waals surface area contributed by atoms with E-state index in [9.17, 15) is 14.9 Å². The quantitative estimate of drug-likeness (QED) is 0.692. The molecule has 0 aliphatic carbocycles. The first-order valence-electron chi connectivity index (χ1n) is 9.59. The Morgan fingerprint density at radius 3 is 2.57 bits per heavy atom. The molecule has 1 aromatic carbocycles. The van der Waals surface area contributed by atoms with Crippen LogP contribution in [-0.2, 0) is 4.79 Å². The minimum Gasteiger partial charge on any atom is -0.353 e. The zero-order valence-corrected chi connectivity index (χ0v) is 18.3. The number of aromatic nitrogens is 1. The van der Waals surface area contributed by atoms with Crippen molar-refractivity contribution in [3.63, 3.8) is 0 Å². The van der Waals surface area contributed by atoms with Crippen LogP contribution in [0.25, 0.3) is 0 Å². The number of rotatable bonds is 6. The maximum atomic E-state index is 12.7. The predicted octanol–water partition coefficient (Wildman–Crippen LogP) is 4.60. The van der Waals surface area contributed by atoms with Crippen LogP contribution in [0.4, 0.5) is 0 Å². The first-order chi connectivity index (χ1) is 14.3. The molecule has 30 heavy (non-hydrogen) atoms. The number of Topliss-reactive ketones (excluding diaryl/α,β-unsaturated/α-hetero) is 2. The molecule has 0 saturated carbocycles. The number of nitrogens with zero attached hydrogens (tertiary/aromatic N) is 2. The lowest BCUT2D eigenvalue weighted by Gasteiger charge is -2.29. The zero-order valence-electron chi connectivity index (χ0n) is 17.4. The summed E-state index contributed by atoms with van der Waals surface area (Å²) >= 11 is 1.29. The minimum absolute atomic E-state index is 0.00776. The van der Waals surface area contributed by atoms with Crippen molar-refractivity contribution in [2.75, 3.05) is 5.75 Å². The standard InChI is InChI=1S/C24H23N3O2S/c1-14-7-8-18(10-15(14)2)21(29)13-30-24-20(11-25)23(19-6-5-9-26-12-19)22(17(4)28)16(3)27-24/h5-10,12,23,27H,13H2,1-4H3/t23-/m1/s1. The van der Waals surface area contributed by atoms with Crippen molar-refractivity contribution in [1.29, 1.82) is 5.26 Å². The molecular weight excluding hydrogens is 394 g/mol. The van der Waals surface area contributed by atoms with Crippen molar-refractivity contribution in [3.8, 4) is 6.07 Å². The third-order valence-electron chi connectivity index (χ3n) is 5.22. The number of nitriles is 1. The molecule has 0 saturated heterocycles. The third-order valence-corrected chi connectivity index (χ3v) is 6.24. The Morgan fingerprint density at radius 2 is 1.97 bits per heavy atom. The fraction of sp³-hybridized carbons (Fsp3) is 0.250. The summed E-state index contributed by atoms with van der Waals surface area (Å²) < 4.78 is 0. The van der Waals surface area contributed by atoms with E-state index in [2.05, 4.69) is 16.4 Å². The number of benzene rings is 1. The fourth-order valence-corrected chi connectivity index (χ4v) is 4.50. The normalized spacial score (nSPS) is 16.2. The monoisotopic (exact) mass is 417 g/mol. The summed E-state index contributed by atoms with van der Waals surface area (Å²) in [5.74, 6) is -0.413. The molecule has 2 heterocycles. The summed E-state index contributed by atoms with van der Waals surface area (Å²) in [7, 11) is 0. The van der Waals surface area contributed by atoms with Crippen molar-refractivity contribution >= 4 is 23.3 Å². The second-order valence-corrected chi connectivity index (χ2v) is 8.29. The number of carbonyl (C=O) groups excluding carboxylic acids is 2. The Hall–Kier alpha value is -3.17. The van der Waals surface area contributed by atoms with Gasteiger partial charge in [0.05, 0.1) is 28.3 Å². The fourth-order valence-electron chi connectivity index (χ4n) is 3.51. The van der Waals surface area contributed by atoms with Gasteiger partial charge < -0.3 is 5.32 Å². The van der Waals surface area contributed by atoms with Crippen LogP contribution in [0.1, 0.15) is 46.8 Å². The molecule has 5 nitrogen and oxygen atoms in total. The van der Waals surface area contributed by atoms with E-state index in [1.54, 1.807) is 18.5 Å². The average Bonchev–Trinajstić information content (AvgIpc) is 2.73. The topological polar surface area (TPSA) is 82.9 Å². The summed E-state index contributed by atoms with van der Waals surface area (Å²) in [5, 5.41) is 13.7. The smallest absolute Gasteiger partial charge is 0.173 e. The van der Waals surface area contributed by atoms with E-state index in [0.717, 1.165) is 16.7 Å². The lowest BCUT2D eigenvalue weighted by molar-refractivity contribution is -0.113. The predicted molar refractivity (Wildman–Crippen MR) is 119 cm³/mol. The maximum absolute atomic E-state index is 12.7. The lowest BCUT2D eigenvalue weighted by atomic mass is 9.81. The van der Waals surface area contributed by atoms with Crippen LogP contribution in [0, 0.1) is 25.2 Å². The number of ketones is 2. The van der Waals surface area contributed by atoms with E-state index in [0.29, 0.717) is 27.4 Å². The van der Waals surface area contributed by atoms with Crippen LogP contribution in [0.5, 0.6) is 0 Å². The molecule has 0 radical (unpaired) electrons. The zero-order chi connectivity index (χ0) is 21.8. The van der Waals surface area contributed by atoms with E-state index in [1.165, 1.54) is 18.7 Å². The molecule has 1 aliphatic rings. The second-order valence-electron chi connectivity index (χ2n) is 7.30. The molecule has 0 bridgehead atoms. The molecule has 152 valence electrons. The van der Waals surface area contributed by atoms with Gasteiger partial charge in [-0.3, -0.25) is 14.6 Å². The van der Waals surface area contributed by atoms with Gasteiger partial charge >= 0.3 is 0 Å². The van der Waals surface area contributed by atoms with Crippen molar-refractivity contribution in [2.45, 2.75) is 33.6 Å². The molecule has 1 aromatic heterocycles. The number of hydrogen-bond donors (Lipinski definition) is 1. The van der Waals surface area contributed by atoms with Gasteiger partial charge in [-0.25, -0.2) is 0 Å². The largest absolute Gasteiger partial charge is 0.353 e. The first kappa shape index (κ1) is 21.5. The molecule has 0 spiro atoms. The van der Waals surface area contributed by atoms with Crippen LogP contribution in [0.2, 0.25) is 0 Å². The number of pyridine rings is 1. The number of allylic oxidation sites excluding steroid dienone is 3. The van der Waals surface area contributed by atoms with E-state index < -0.39 is 5.92 Å². The Balaban J connectivity index is 1.93. The van der Waals surface area contributed by atoms with Gasteiger partial charge in [0.25, 0.3) is 0 Å². The number of dihydropyridines is 1. The van der Waals surface area contributed by atoms with E-state index >= 15 is 0 Å². The van der Waals surface area contributed by atoms with E-state index in [1.807, 2.05) is 45.0 Å². The molecule has 1 aliphatic heterocycles. The summed E-state index contributed by atoms with van der Waals surface area (Å²) in [6.45, 7) is 7.31. The number of hydrogen-bond acceptors (Lipinski definition) is 6. The highest BCUT2D eigenvalue weighted by atomic mass is 32.2. The number of carbonyl (C=O) groups is 2. The number of nitrogens with one attached hydrogen (secondary N) is 1. The maximum Gasteiger partial charge on any atom is 0.173 e. The van der Waals surface area contributed by atoms with Gasteiger partial charge in [0, 0.05) is 29.2 Å². The Morgan fingerprint density at radius 1 is 1.20 bits per heavy atom. The second kappa shape index (κ2) is 9.10. The molecule has 2 aromatic rings. The Bertz CT molecular complexity index is 1110. The van der Waals surface area contributed by atoms with Gasteiger partial charge in [-0.1, -0.05) is 30.0 Å². The Labute approximate surface area is 180 Å². The highest BCUT2D eigenvalue weighted by Gasteiger charge is 2.33. The summed E-state index contributed by atoms with van der Waals surface area (Å²) in [5.41, 5.74) is 5.30. The molecule has 1 N–H and O–H groups in total. The van der Waals surface area contributed by atoms with Crippen LogP contribution in [0.15, 0.2) is 64.6 Å². The Kier molecular flexibility index (Phi) is 6.53. The number of thioether (sulfide) groups is 1. The summed E-state index contributed by atoms with van der Waals surface area (Å²) in [6.07, 6.45) is 3.33. The highest BCUT2D eigenvalue weighted by Crippen LogP contribution is 2.40. The van der Waals surface area contributed by atoms with Crippen LogP contribution < -0.4 is 5.32 Å². The molecular formula is C24H23N3O2S. The SMILES string of the molecule is CC(=O)C1=C(C)NC(SCC(=O)c2ccc(C)c(C)c2)=C(C#N)[C@H]1c1cccnc1. The van der Waals surface area contributed by atoms with E-state index in [-0.39, 0.29) is 17.3 Å². The van der Waals surface area contributed by atoms with Crippen molar-refractivity contribution in [1.82, 2.24) is 10.3 Å². The van der Waals surface area contributed by atoms with Crippen molar-refractivity contribution < 1.29 is 9.59 Å². The molecule has 0 amide bonds. The number of aryl methyl sites for hydroxylation is 2. The third kappa shape index (κ3) is 4.37. The van der Waals surface area contributed by atoms with E-state index in [4.69, 9.17) is 0 Å². The van der Waals surface area contributed by atoms with Crippen molar-refractivity contribution in [2.24, 2.45) is 0 Å². The molecule has 6 heteroatoms. The van der Waals surface area contributed by atoms with Crippen molar-refractivity contribution in [3.05, 3.63) is 86.9 Å². The van der Waals surface area contributed by atoms with Gasteiger partial charge in [0.1, 0.15) is 0 Å². The molecule has 0 fully saturated rings.